The molecular weight excluding hydrogens is 326 g/mol. The fraction of sp³-hybridized carbons (Fsp3) is 0.273. The largest absolute Gasteiger partial charge is 0.493 e. The number of hydrogen-bond acceptors (Lipinski definition) is 4. The van der Waals surface area contributed by atoms with E-state index in [1.165, 1.54) is 27.5 Å². The molecule has 3 aromatic rings. The Hall–Kier alpha value is -2.72. The Labute approximate surface area is 152 Å². The summed E-state index contributed by atoms with van der Waals surface area (Å²) in [5.74, 6) is 2.51. The first-order valence-corrected chi connectivity index (χ1v) is 8.94. The molecule has 0 fully saturated rings. The van der Waals surface area contributed by atoms with Crippen LogP contribution in [0.5, 0.6) is 17.2 Å². The van der Waals surface area contributed by atoms with Crippen LogP contribution in [0.15, 0.2) is 48.5 Å². The molecule has 132 valence electrons. The molecule has 0 aromatic heterocycles. The van der Waals surface area contributed by atoms with E-state index < -0.39 is 0 Å². The van der Waals surface area contributed by atoms with E-state index in [1.807, 2.05) is 0 Å². The molecule has 4 nitrogen and oxygen atoms in total. The van der Waals surface area contributed by atoms with Crippen molar-refractivity contribution in [2.24, 2.45) is 0 Å². The normalized spacial score (nSPS) is 18.5. The molecule has 0 N–H and O–H groups in total. The predicted octanol–water partition coefficient (Wildman–Crippen LogP) is 4.31. The Morgan fingerprint density at radius 2 is 1.81 bits per heavy atom. The fourth-order valence-corrected chi connectivity index (χ4v) is 4.17. The smallest absolute Gasteiger partial charge is 0.179 e. The molecule has 2 aliphatic heterocycles. The van der Waals surface area contributed by atoms with E-state index in [0.29, 0.717) is 0 Å². The van der Waals surface area contributed by atoms with Crippen LogP contribution < -0.4 is 14.2 Å². The maximum atomic E-state index is 6.47. The van der Waals surface area contributed by atoms with E-state index in [0.717, 1.165) is 36.8 Å². The summed E-state index contributed by atoms with van der Waals surface area (Å²) in [6.45, 7) is 1.87. The summed E-state index contributed by atoms with van der Waals surface area (Å²) in [6, 6.07) is 16.9. The number of nitrogens with zero attached hydrogens (tertiary/aromatic N) is 1. The van der Waals surface area contributed by atoms with E-state index in [-0.39, 0.29) is 6.23 Å². The quantitative estimate of drug-likeness (QED) is 0.691. The summed E-state index contributed by atoms with van der Waals surface area (Å²) < 4.78 is 17.4. The maximum Gasteiger partial charge on any atom is 0.179 e. The maximum absolute atomic E-state index is 6.47. The Balaban J connectivity index is 1.61. The predicted molar refractivity (Wildman–Crippen MR) is 101 cm³/mol. The van der Waals surface area contributed by atoms with Gasteiger partial charge in [0, 0.05) is 24.2 Å². The third kappa shape index (κ3) is 2.26. The molecule has 0 aliphatic carbocycles. The molecule has 0 saturated heterocycles. The van der Waals surface area contributed by atoms with Crippen LogP contribution in [0, 0.1) is 0 Å². The molecule has 0 spiro atoms. The van der Waals surface area contributed by atoms with E-state index in [9.17, 15) is 0 Å². The molecule has 5 rings (SSSR count). The van der Waals surface area contributed by atoms with Crippen LogP contribution in [-0.2, 0) is 13.0 Å². The topological polar surface area (TPSA) is 30.9 Å². The van der Waals surface area contributed by atoms with Crippen molar-refractivity contribution in [1.29, 1.82) is 0 Å². The van der Waals surface area contributed by atoms with Crippen molar-refractivity contribution in [1.82, 2.24) is 4.90 Å². The van der Waals surface area contributed by atoms with E-state index in [1.54, 1.807) is 14.2 Å². The van der Waals surface area contributed by atoms with Gasteiger partial charge < -0.3 is 14.2 Å². The highest BCUT2D eigenvalue weighted by Crippen LogP contribution is 2.44. The minimum atomic E-state index is -0.0766. The minimum Gasteiger partial charge on any atom is -0.493 e. The van der Waals surface area contributed by atoms with Crippen LogP contribution in [-0.4, -0.2) is 25.7 Å². The highest BCUT2D eigenvalue weighted by Gasteiger charge is 2.35. The van der Waals surface area contributed by atoms with Gasteiger partial charge >= 0.3 is 0 Å². The lowest BCUT2D eigenvalue weighted by Crippen LogP contribution is -2.40. The first kappa shape index (κ1) is 15.5. The summed E-state index contributed by atoms with van der Waals surface area (Å²) in [4.78, 5) is 2.41. The van der Waals surface area contributed by atoms with Gasteiger partial charge in [-0.3, -0.25) is 4.90 Å². The Bertz CT molecular complexity index is 998. The van der Waals surface area contributed by atoms with Gasteiger partial charge in [0.1, 0.15) is 5.75 Å². The Kier molecular flexibility index (Phi) is 3.54. The van der Waals surface area contributed by atoms with E-state index in [4.69, 9.17) is 14.2 Å². The number of benzene rings is 3. The number of hydrogen-bond donors (Lipinski definition) is 0. The van der Waals surface area contributed by atoms with Crippen molar-refractivity contribution >= 4 is 10.8 Å². The van der Waals surface area contributed by atoms with Crippen LogP contribution in [0.1, 0.15) is 22.9 Å². The molecule has 0 radical (unpaired) electrons. The molecule has 2 heterocycles. The summed E-state index contributed by atoms with van der Waals surface area (Å²) in [5.41, 5.74) is 3.73. The zero-order valence-corrected chi connectivity index (χ0v) is 15.0. The van der Waals surface area contributed by atoms with Gasteiger partial charge in [0.05, 0.1) is 14.2 Å². The van der Waals surface area contributed by atoms with Gasteiger partial charge in [-0.05, 0) is 41.0 Å². The standard InChI is InChI=1S/C22H21NO3/c1-24-20-11-15-9-10-23-13-18-16-6-4-3-5-14(16)7-8-19(18)26-22(23)17(15)12-21(20)25-2/h3-8,11-12,22H,9-10,13H2,1-2H3. The molecule has 0 bridgehead atoms. The van der Waals surface area contributed by atoms with Gasteiger partial charge in [-0.15, -0.1) is 0 Å². The lowest BCUT2D eigenvalue weighted by atomic mass is 9.94. The molecule has 4 heteroatoms. The zero-order chi connectivity index (χ0) is 17.7. The summed E-state index contributed by atoms with van der Waals surface area (Å²) >= 11 is 0. The molecule has 0 saturated carbocycles. The van der Waals surface area contributed by atoms with Crippen molar-refractivity contribution < 1.29 is 14.2 Å². The highest BCUT2D eigenvalue weighted by molar-refractivity contribution is 5.88. The second-order valence-corrected chi connectivity index (χ2v) is 6.86. The zero-order valence-electron chi connectivity index (χ0n) is 15.0. The molecule has 26 heavy (non-hydrogen) atoms. The average molecular weight is 347 g/mol. The molecule has 1 unspecified atom stereocenters. The van der Waals surface area contributed by atoms with E-state index >= 15 is 0 Å². The van der Waals surface area contributed by atoms with Gasteiger partial charge in [-0.25, -0.2) is 0 Å². The van der Waals surface area contributed by atoms with Gasteiger partial charge in [-0.2, -0.15) is 0 Å². The van der Waals surface area contributed by atoms with Gasteiger partial charge in [-0.1, -0.05) is 30.3 Å². The fourth-order valence-electron chi connectivity index (χ4n) is 4.17. The highest BCUT2D eigenvalue weighted by atomic mass is 16.5. The number of rotatable bonds is 2. The second kappa shape index (κ2) is 5.92. The lowest BCUT2D eigenvalue weighted by Gasteiger charge is -2.41. The van der Waals surface area contributed by atoms with Crippen LogP contribution in [0.25, 0.3) is 10.8 Å². The van der Waals surface area contributed by atoms with Crippen LogP contribution in [0.2, 0.25) is 0 Å². The molecule has 2 aliphatic rings. The third-order valence-corrected chi connectivity index (χ3v) is 5.51. The van der Waals surface area contributed by atoms with Gasteiger partial charge in [0.2, 0.25) is 0 Å². The first-order chi connectivity index (χ1) is 12.8. The Morgan fingerprint density at radius 3 is 2.65 bits per heavy atom. The number of fused-ring (bicyclic) bond motifs is 6. The molecule has 1 atom stereocenters. The number of methoxy groups -OCH3 is 2. The molecular formula is C22H21NO3. The first-order valence-electron chi connectivity index (χ1n) is 8.94. The van der Waals surface area contributed by atoms with Crippen LogP contribution in [0.4, 0.5) is 0 Å². The second-order valence-electron chi connectivity index (χ2n) is 6.86. The average Bonchev–Trinajstić information content (AvgIpc) is 2.71. The summed E-state index contributed by atoms with van der Waals surface area (Å²) in [6.07, 6.45) is 0.905. The lowest BCUT2D eigenvalue weighted by molar-refractivity contribution is -0.00974. The van der Waals surface area contributed by atoms with Crippen molar-refractivity contribution in [3.05, 3.63) is 65.2 Å². The number of ether oxygens (including phenoxy) is 3. The minimum absolute atomic E-state index is 0.0766. The monoisotopic (exact) mass is 347 g/mol. The third-order valence-electron chi connectivity index (χ3n) is 5.51. The van der Waals surface area contributed by atoms with E-state index in [2.05, 4.69) is 53.4 Å². The molecule has 3 aromatic carbocycles. The van der Waals surface area contributed by atoms with Gasteiger partial charge in [0.15, 0.2) is 17.7 Å². The van der Waals surface area contributed by atoms with Crippen molar-refractivity contribution in [3.8, 4) is 17.2 Å². The van der Waals surface area contributed by atoms with Crippen molar-refractivity contribution in [3.63, 3.8) is 0 Å². The summed E-state index contributed by atoms with van der Waals surface area (Å²) in [5, 5.41) is 2.54. The van der Waals surface area contributed by atoms with Crippen LogP contribution in [0.3, 0.4) is 0 Å². The van der Waals surface area contributed by atoms with Crippen molar-refractivity contribution in [2.45, 2.75) is 19.2 Å². The molecule has 0 amide bonds. The summed E-state index contributed by atoms with van der Waals surface area (Å²) in [7, 11) is 3.35. The van der Waals surface area contributed by atoms with Gasteiger partial charge in [0.25, 0.3) is 0 Å². The Morgan fingerprint density at radius 1 is 1.00 bits per heavy atom. The SMILES string of the molecule is COc1cc2c(cc1OC)C1Oc3ccc4ccccc4c3CN1CC2. The van der Waals surface area contributed by atoms with Crippen molar-refractivity contribution in [2.75, 3.05) is 20.8 Å². The van der Waals surface area contributed by atoms with Crippen LogP contribution >= 0.6 is 0 Å².